The van der Waals surface area contributed by atoms with Crippen LogP contribution in [0.25, 0.3) is 0 Å². The molecule has 8 heteroatoms. The van der Waals surface area contributed by atoms with Gasteiger partial charge in [-0.15, -0.1) is 11.3 Å². The van der Waals surface area contributed by atoms with Crippen molar-refractivity contribution in [1.82, 2.24) is 9.21 Å². The normalized spacial score (nSPS) is 20.5. The largest absolute Gasteiger partial charge is 0.371 e. The molecule has 2 saturated heterocycles. The Morgan fingerprint density at radius 3 is 2.58 bits per heavy atom. The van der Waals surface area contributed by atoms with Crippen LogP contribution in [0.15, 0.2) is 46.0 Å². The molecule has 1 aromatic carbocycles. The van der Waals surface area contributed by atoms with E-state index in [1.165, 1.54) is 40.6 Å². The van der Waals surface area contributed by atoms with Gasteiger partial charge in [-0.3, -0.25) is 4.79 Å². The molecule has 0 N–H and O–H groups in total. The summed E-state index contributed by atoms with van der Waals surface area (Å²) in [6, 6.07) is 11.7. The van der Waals surface area contributed by atoms with Crippen LogP contribution >= 0.6 is 11.3 Å². The van der Waals surface area contributed by atoms with E-state index >= 15 is 0 Å². The summed E-state index contributed by atoms with van der Waals surface area (Å²) < 4.78 is 27.6. The van der Waals surface area contributed by atoms with Crippen LogP contribution in [0.5, 0.6) is 0 Å². The molecule has 0 unspecified atom stereocenters. The number of piperidine rings is 2. The predicted octanol–water partition coefficient (Wildman–Crippen LogP) is 3.80. The monoisotopic (exact) mass is 461 g/mol. The average molecular weight is 462 g/mol. The minimum atomic E-state index is -3.52. The number of anilines is 1. The zero-order chi connectivity index (χ0) is 21.8. The minimum absolute atomic E-state index is 0.0273. The number of para-hydroxylation sites is 1. The number of amides is 1. The van der Waals surface area contributed by atoms with Gasteiger partial charge >= 0.3 is 0 Å². The second kappa shape index (κ2) is 9.71. The molecule has 2 aliphatic rings. The smallest absolute Gasteiger partial charge is 0.252 e. The highest BCUT2D eigenvalue weighted by atomic mass is 32.2. The van der Waals surface area contributed by atoms with E-state index in [1.54, 1.807) is 22.4 Å². The third-order valence-electron chi connectivity index (χ3n) is 6.29. The van der Waals surface area contributed by atoms with Crippen LogP contribution in [0.1, 0.15) is 37.7 Å². The van der Waals surface area contributed by atoms with E-state index in [4.69, 9.17) is 0 Å². The molecular weight excluding hydrogens is 430 g/mol. The topological polar surface area (TPSA) is 60.9 Å². The van der Waals surface area contributed by atoms with E-state index in [-0.39, 0.29) is 18.4 Å². The maximum absolute atomic E-state index is 13.2. The Morgan fingerprint density at radius 2 is 1.84 bits per heavy atom. The van der Waals surface area contributed by atoms with E-state index in [0.717, 1.165) is 25.1 Å². The van der Waals surface area contributed by atoms with Crippen molar-refractivity contribution in [3.05, 3.63) is 47.3 Å². The summed E-state index contributed by atoms with van der Waals surface area (Å²) in [4.78, 5) is 17.4. The SMILES string of the molecule is CN(Cc1ccccc1N1CCCCC1)C(=O)[C@@H]1CCCN(S(=O)(=O)c2cccs2)C1. The van der Waals surface area contributed by atoms with Crippen LogP contribution in [0.2, 0.25) is 0 Å². The molecule has 0 bridgehead atoms. The van der Waals surface area contributed by atoms with Gasteiger partial charge in [0.2, 0.25) is 5.91 Å². The number of hydrogen-bond acceptors (Lipinski definition) is 5. The van der Waals surface area contributed by atoms with Crippen molar-refractivity contribution < 1.29 is 13.2 Å². The first-order valence-corrected chi connectivity index (χ1v) is 13.4. The Hall–Kier alpha value is -1.90. The van der Waals surface area contributed by atoms with Gasteiger partial charge in [0.1, 0.15) is 4.21 Å². The number of sulfonamides is 1. The standard InChI is InChI=1S/C23H31N3O3S2/c1-24(17-19-9-3-4-11-21(19)25-13-5-2-6-14-25)23(27)20-10-7-15-26(18-20)31(28,29)22-12-8-16-30-22/h3-4,8-9,11-12,16,20H,2,5-7,10,13-15,17-18H2,1H3/t20-/m1/s1. The lowest BCUT2D eigenvalue weighted by Crippen LogP contribution is -2.45. The maximum Gasteiger partial charge on any atom is 0.252 e. The first-order chi connectivity index (χ1) is 15.0. The summed E-state index contributed by atoms with van der Waals surface area (Å²) >= 11 is 1.23. The number of benzene rings is 1. The number of nitrogens with zero attached hydrogens (tertiary/aromatic N) is 3. The lowest BCUT2D eigenvalue weighted by Gasteiger charge is -2.34. The molecule has 1 aromatic heterocycles. The Bertz CT molecular complexity index is 985. The molecule has 0 spiro atoms. The van der Waals surface area contributed by atoms with Crippen molar-refractivity contribution in [2.45, 2.75) is 42.9 Å². The van der Waals surface area contributed by atoms with Crippen LogP contribution < -0.4 is 4.90 Å². The highest BCUT2D eigenvalue weighted by molar-refractivity contribution is 7.91. The van der Waals surface area contributed by atoms with E-state index in [0.29, 0.717) is 23.7 Å². The average Bonchev–Trinajstić information content (AvgIpc) is 3.35. The molecule has 0 saturated carbocycles. The lowest BCUT2D eigenvalue weighted by molar-refractivity contribution is -0.135. The number of thiophene rings is 1. The van der Waals surface area contributed by atoms with Crippen LogP contribution in [0.4, 0.5) is 5.69 Å². The van der Waals surface area contributed by atoms with Crippen molar-refractivity contribution in [1.29, 1.82) is 0 Å². The molecule has 2 aromatic rings. The molecule has 1 atom stereocenters. The second-order valence-electron chi connectivity index (χ2n) is 8.51. The summed E-state index contributed by atoms with van der Waals surface area (Å²) in [6.45, 7) is 3.40. The van der Waals surface area contributed by atoms with Crippen LogP contribution in [0.3, 0.4) is 0 Å². The highest BCUT2D eigenvalue weighted by Crippen LogP contribution is 2.29. The van der Waals surface area contributed by atoms with E-state index < -0.39 is 10.0 Å². The van der Waals surface area contributed by atoms with E-state index in [2.05, 4.69) is 23.1 Å². The molecule has 0 aliphatic carbocycles. The zero-order valence-electron chi connectivity index (χ0n) is 18.1. The third-order valence-corrected chi connectivity index (χ3v) is 9.53. The van der Waals surface area contributed by atoms with Gasteiger partial charge in [-0.1, -0.05) is 24.3 Å². The Balaban J connectivity index is 1.44. The fourth-order valence-electron chi connectivity index (χ4n) is 4.63. The van der Waals surface area contributed by atoms with Crippen molar-refractivity contribution in [3.8, 4) is 0 Å². The van der Waals surface area contributed by atoms with Gasteiger partial charge in [-0.05, 0) is 55.2 Å². The van der Waals surface area contributed by atoms with Crippen LogP contribution in [0, 0.1) is 5.92 Å². The van der Waals surface area contributed by atoms with Crippen LogP contribution in [-0.4, -0.2) is 56.8 Å². The summed E-state index contributed by atoms with van der Waals surface area (Å²) in [5.74, 6) is -0.268. The minimum Gasteiger partial charge on any atom is -0.371 e. The van der Waals surface area contributed by atoms with Gasteiger partial charge in [0.25, 0.3) is 10.0 Å². The molecule has 0 radical (unpaired) electrons. The molecule has 3 heterocycles. The molecule has 2 aliphatic heterocycles. The summed E-state index contributed by atoms with van der Waals surface area (Å²) in [5, 5.41) is 1.77. The number of carbonyl (C=O) groups is 1. The molecule has 4 rings (SSSR count). The fraction of sp³-hybridized carbons (Fsp3) is 0.522. The van der Waals surface area contributed by atoms with Crippen molar-refractivity contribution in [3.63, 3.8) is 0 Å². The van der Waals surface area contributed by atoms with Crippen molar-refractivity contribution in [2.24, 2.45) is 5.92 Å². The van der Waals surface area contributed by atoms with Gasteiger partial charge in [0.15, 0.2) is 0 Å². The summed E-state index contributed by atoms with van der Waals surface area (Å²) in [6.07, 6.45) is 5.13. The zero-order valence-corrected chi connectivity index (χ0v) is 19.7. The Morgan fingerprint density at radius 1 is 1.06 bits per heavy atom. The lowest BCUT2D eigenvalue weighted by atomic mass is 9.98. The first kappa shape index (κ1) is 22.3. The molecule has 6 nitrogen and oxygen atoms in total. The molecular formula is C23H31N3O3S2. The van der Waals surface area contributed by atoms with Gasteiger partial charge < -0.3 is 9.80 Å². The number of rotatable bonds is 6. The maximum atomic E-state index is 13.2. The predicted molar refractivity (Wildman–Crippen MR) is 125 cm³/mol. The van der Waals surface area contributed by atoms with E-state index in [1.807, 2.05) is 13.1 Å². The number of carbonyl (C=O) groups excluding carboxylic acids is 1. The highest BCUT2D eigenvalue weighted by Gasteiger charge is 2.35. The van der Waals surface area contributed by atoms with Gasteiger partial charge in [-0.2, -0.15) is 4.31 Å². The quantitative estimate of drug-likeness (QED) is 0.657. The molecule has 1 amide bonds. The molecule has 2 fully saturated rings. The van der Waals surface area contributed by atoms with Gasteiger partial charge in [-0.25, -0.2) is 8.42 Å². The van der Waals surface area contributed by atoms with Crippen molar-refractivity contribution in [2.75, 3.05) is 38.1 Å². The van der Waals surface area contributed by atoms with Crippen molar-refractivity contribution >= 4 is 33.0 Å². The fourth-order valence-corrected chi connectivity index (χ4v) is 7.30. The Kier molecular flexibility index (Phi) is 6.99. The Labute approximate surface area is 189 Å². The second-order valence-corrected chi connectivity index (χ2v) is 11.6. The molecule has 168 valence electrons. The van der Waals surface area contributed by atoms with E-state index in [9.17, 15) is 13.2 Å². The van der Waals surface area contributed by atoms with Gasteiger partial charge in [0.05, 0.1) is 5.92 Å². The van der Waals surface area contributed by atoms with Gasteiger partial charge in [0, 0.05) is 45.5 Å². The first-order valence-electron chi connectivity index (χ1n) is 11.1. The third kappa shape index (κ3) is 4.96. The van der Waals surface area contributed by atoms with Crippen LogP contribution in [-0.2, 0) is 21.4 Å². The summed E-state index contributed by atoms with van der Waals surface area (Å²) in [5.41, 5.74) is 2.37. The molecule has 31 heavy (non-hydrogen) atoms. The summed E-state index contributed by atoms with van der Waals surface area (Å²) in [7, 11) is -1.68. The number of hydrogen-bond donors (Lipinski definition) is 0.